The molecule has 0 spiro atoms. The monoisotopic (exact) mass is 303 g/mol. The Morgan fingerprint density at radius 1 is 1.50 bits per heavy atom. The van der Waals surface area contributed by atoms with Gasteiger partial charge in [0, 0.05) is 12.8 Å². The van der Waals surface area contributed by atoms with Crippen molar-refractivity contribution in [1.82, 2.24) is 14.7 Å². The Labute approximate surface area is 119 Å². The molecule has 1 unspecified atom stereocenters. The fraction of sp³-hybridized carbons (Fsp3) is 0.667. The van der Waals surface area contributed by atoms with Gasteiger partial charge in [-0.15, -0.1) is 0 Å². The number of rotatable bonds is 7. The topological polar surface area (TPSA) is 81.5 Å². The third kappa shape index (κ3) is 3.80. The maximum Gasteiger partial charge on any atom is 0.202 e. The van der Waals surface area contributed by atoms with Crippen LogP contribution in [0.3, 0.4) is 0 Å². The predicted molar refractivity (Wildman–Crippen MR) is 76.0 cm³/mol. The van der Waals surface area contributed by atoms with Gasteiger partial charge in [0.05, 0.1) is 19.9 Å². The quantitative estimate of drug-likeness (QED) is 0.663. The van der Waals surface area contributed by atoms with E-state index in [1.807, 2.05) is 19.0 Å². The molecule has 0 radical (unpaired) electrons. The molecule has 0 bridgehead atoms. The van der Waals surface area contributed by atoms with E-state index < -0.39 is 20.9 Å². The molecule has 1 atom stereocenters. The Morgan fingerprint density at radius 2 is 2.10 bits per heavy atom. The zero-order valence-corrected chi connectivity index (χ0v) is 13.3. The number of aromatic nitrogens is 2. The van der Waals surface area contributed by atoms with E-state index >= 15 is 0 Å². The van der Waals surface area contributed by atoms with Gasteiger partial charge in [-0.05, 0) is 21.0 Å². The summed E-state index contributed by atoms with van der Waals surface area (Å²) in [6, 6.07) is 0. The number of likely N-dealkylation sites (N-methyl/N-ethyl adjacent to an activating group) is 1. The number of ether oxygens (including phenoxy) is 1. The standard InChI is InChI=1S/C12H21N3O4S/c1-9(20(5,17)18)12(16)11-10(19-4)8-13-15(11)7-6-14(2)3/h8-9H,6-7H2,1-5H3. The number of ketones is 1. The van der Waals surface area contributed by atoms with Gasteiger partial charge in [-0.1, -0.05) is 0 Å². The van der Waals surface area contributed by atoms with E-state index in [0.29, 0.717) is 18.8 Å². The highest BCUT2D eigenvalue weighted by molar-refractivity contribution is 7.92. The summed E-state index contributed by atoms with van der Waals surface area (Å²) in [7, 11) is 1.78. The summed E-state index contributed by atoms with van der Waals surface area (Å²) < 4.78 is 29.7. The Hall–Kier alpha value is -1.41. The van der Waals surface area contributed by atoms with Crippen molar-refractivity contribution in [3.63, 3.8) is 0 Å². The first-order valence-corrected chi connectivity index (χ1v) is 8.11. The molecule has 20 heavy (non-hydrogen) atoms. The first kappa shape index (κ1) is 16.6. The molecule has 0 saturated carbocycles. The Morgan fingerprint density at radius 3 is 2.55 bits per heavy atom. The van der Waals surface area contributed by atoms with E-state index in [2.05, 4.69) is 5.10 Å². The summed E-state index contributed by atoms with van der Waals surface area (Å²) in [5.41, 5.74) is 0.201. The van der Waals surface area contributed by atoms with Crippen LogP contribution in [0.5, 0.6) is 5.75 Å². The average molecular weight is 303 g/mol. The average Bonchev–Trinajstić information content (AvgIpc) is 2.76. The van der Waals surface area contributed by atoms with Crippen LogP contribution in [-0.4, -0.2) is 68.1 Å². The van der Waals surface area contributed by atoms with E-state index in [4.69, 9.17) is 4.74 Å². The fourth-order valence-corrected chi connectivity index (χ4v) is 2.12. The van der Waals surface area contributed by atoms with Crippen LogP contribution in [0.1, 0.15) is 17.4 Å². The van der Waals surface area contributed by atoms with Crippen LogP contribution in [-0.2, 0) is 16.4 Å². The second-order valence-electron chi connectivity index (χ2n) is 4.92. The third-order valence-electron chi connectivity index (χ3n) is 3.03. The molecule has 0 aliphatic rings. The molecular formula is C12H21N3O4S. The molecule has 114 valence electrons. The van der Waals surface area contributed by atoms with E-state index in [9.17, 15) is 13.2 Å². The van der Waals surface area contributed by atoms with Gasteiger partial charge in [0.15, 0.2) is 15.6 Å². The summed E-state index contributed by atoms with van der Waals surface area (Å²) in [6.45, 7) is 2.53. The molecule has 1 aromatic rings. The normalized spacial score (nSPS) is 13.5. The van der Waals surface area contributed by atoms with E-state index in [-0.39, 0.29) is 5.69 Å². The minimum absolute atomic E-state index is 0.201. The molecule has 0 fully saturated rings. The Kier molecular flexibility index (Phi) is 5.29. The van der Waals surface area contributed by atoms with Crippen LogP contribution >= 0.6 is 0 Å². The maximum absolute atomic E-state index is 12.4. The molecule has 0 aliphatic heterocycles. The lowest BCUT2D eigenvalue weighted by Crippen LogP contribution is -2.30. The number of nitrogens with zero attached hydrogens (tertiary/aromatic N) is 3. The first-order chi connectivity index (χ1) is 9.18. The molecular weight excluding hydrogens is 282 g/mol. The molecule has 0 amide bonds. The van der Waals surface area contributed by atoms with Crippen molar-refractivity contribution < 1.29 is 17.9 Å². The molecule has 1 rings (SSSR count). The van der Waals surface area contributed by atoms with Crippen molar-refractivity contribution in [1.29, 1.82) is 0 Å². The molecule has 1 heterocycles. The maximum atomic E-state index is 12.4. The number of hydrogen-bond donors (Lipinski definition) is 0. The summed E-state index contributed by atoms with van der Waals surface area (Å²) in [5, 5.41) is 2.97. The van der Waals surface area contributed by atoms with Crippen molar-refractivity contribution in [2.75, 3.05) is 34.0 Å². The number of Topliss-reactive ketones (excluding diaryl/α,β-unsaturated/α-hetero) is 1. The molecule has 0 N–H and O–H groups in total. The largest absolute Gasteiger partial charge is 0.493 e. The van der Waals surface area contributed by atoms with Crippen LogP contribution in [0.2, 0.25) is 0 Å². The third-order valence-corrected chi connectivity index (χ3v) is 4.53. The van der Waals surface area contributed by atoms with E-state index in [1.165, 1.54) is 24.9 Å². The van der Waals surface area contributed by atoms with Gasteiger partial charge in [-0.3, -0.25) is 9.48 Å². The lowest BCUT2D eigenvalue weighted by molar-refractivity contribution is 0.0977. The van der Waals surface area contributed by atoms with Crippen LogP contribution in [0.4, 0.5) is 0 Å². The zero-order chi connectivity index (χ0) is 15.5. The predicted octanol–water partition coefficient (Wildman–Crippen LogP) is 0.0691. The van der Waals surface area contributed by atoms with Crippen LogP contribution in [0, 0.1) is 0 Å². The van der Waals surface area contributed by atoms with E-state index in [0.717, 1.165) is 6.26 Å². The van der Waals surface area contributed by atoms with Gasteiger partial charge >= 0.3 is 0 Å². The molecule has 0 saturated heterocycles. The van der Waals surface area contributed by atoms with Crippen LogP contribution in [0.15, 0.2) is 6.20 Å². The molecule has 1 aromatic heterocycles. The zero-order valence-electron chi connectivity index (χ0n) is 12.5. The number of carbonyl (C=O) groups is 1. The molecule has 0 aliphatic carbocycles. The second kappa shape index (κ2) is 6.36. The van der Waals surface area contributed by atoms with Crippen molar-refractivity contribution in [3.8, 4) is 5.75 Å². The van der Waals surface area contributed by atoms with Crippen LogP contribution < -0.4 is 4.74 Å². The second-order valence-corrected chi connectivity index (χ2v) is 7.29. The van der Waals surface area contributed by atoms with Crippen molar-refractivity contribution in [2.24, 2.45) is 0 Å². The summed E-state index contributed by atoms with van der Waals surface area (Å²) in [6.07, 6.45) is 2.47. The van der Waals surface area contributed by atoms with Gasteiger partial charge in [0.25, 0.3) is 0 Å². The summed E-state index contributed by atoms with van der Waals surface area (Å²) in [4.78, 5) is 14.3. The minimum Gasteiger partial charge on any atom is -0.493 e. The number of hydrogen-bond acceptors (Lipinski definition) is 6. The van der Waals surface area contributed by atoms with Gasteiger partial charge in [-0.2, -0.15) is 5.10 Å². The highest BCUT2D eigenvalue weighted by Gasteiger charge is 2.30. The smallest absolute Gasteiger partial charge is 0.202 e. The fourth-order valence-electron chi connectivity index (χ4n) is 1.62. The van der Waals surface area contributed by atoms with Gasteiger partial charge in [0.1, 0.15) is 10.9 Å². The van der Waals surface area contributed by atoms with Crippen molar-refractivity contribution in [2.45, 2.75) is 18.7 Å². The Bertz CT molecular complexity index is 578. The van der Waals surface area contributed by atoms with Gasteiger partial charge in [0.2, 0.25) is 5.78 Å². The highest BCUT2D eigenvalue weighted by atomic mass is 32.2. The molecule has 7 nitrogen and oxygen atoms in total. The number of sulfone groups is 1. The van der Waals surface area contributed by atoms with Crippen molar-refractivity contribution in [3.05, 3.63) is 11.9 Å². The molecule has 8 heteroatoms. The first-order valence-electron chi connectivity index (χ1n) is 6.16. The van der Waals surface area contributed by atoms with Gasteiger partial charge < -0.3 is 9.64 Å². The number of carbonyl (C=O) groups excluding carboxylic acids is 1. The SMILES string of the molecule is COc1cnn(CCN(C)C)c1C(=O)C(C)S(C)(=O)=O. The van der Waals surface area contributed by atoms with Crippen molar-refractivity contribution >= 4 is 15.6 Å². The summed E-state index contributed by atoms with van der Waals surface area (Å²) >= 11 is 0. The molecule has 0 aromatic carbocycles. The van der Waals surface area contributed by atoms with Gasteiger partial charge in [-0.25, -0.2) is 8.42 Å². The highest BCUT2D eigenvalue weighted by Crippen LogP contribution is 2.21. The van der Waals surface area contributed by atoms with E-state index in [1.54, 1.807) is 0 Å². The minimum atomic E-state index is -3.46. The Balaban J connectivity index is 3.14. The van der Waals surface area contributed by atoms with Crippen LogP contribution in [0.25, 0.3) is 0 Å². The lowest BCUT2D eigenvalue weighted by Gasteiger charge is -2.14. The number of methoxy groups -OCH3 is 1. The summed E-state index contributed by atoms with van der Waals surface area (Å²) in [5.74, 6) is -0.204. The lowest BCUT2D eigenvalue weighted by atomic mass is 10.2.